The summed E-state index contributed by atoms with van der Waals surface area (Å²) >= 11 is 0. The molecule has 1 saturated heterocycles. The summed E-state index contributed by atoms with van der Waals surface area (Å²) in [6, 6.07) is 6.76. The number of H-pyrrole nitrogens is 1. The molecule has 0 atom stereocenters. The number of nitrogens with zero attached hydrogens (tertiary/aromatic N) is 5. The highest BCUT2D eigenvalue weighted by atomic mass is 19.1. The van der Waals surface area contributed by atoms with Crippen LogP contribution in [0.1, 0.15) is 24.0 Å². The zero-order valence-electron chi connectivity index (χ0n) is 18.7. The minimum absolute atomic E-state index is 0.134. The van der Waals surface area contributed by atoms with Crippen molar-refractivity contribution in [3.05, 3.63) is 53.6 Å². The van der Waals surface area contributed by atoms with Crippen molar-refractivity contribution in [2.24, 2.45) is 10.9 Å². The third-order valence-corrected chi connectivity index (χ3v) is 6.15. The first-order valence-electron chi connectivity index (χ1n) is 11.0. The highest BCUT2D eigenvalue weighted by Crippen LogP contribution is 2.42. The van der Waals surface area contributed by atoms with Gasteiger partial charge in [0.2, 0.25) is 0 Å². The molecule has 4 aromatic rings. The number of hydrogen-bond acceptors (Lipinski definition) is 8. The molecule has 6 N–H and O–H groups in total. The Bertz CT molecular complexity index is 1370. The third-order valence-electron chi connectivity index (χ3n) is 6.15. The normalized spacial score (nSPS) is 15.0. The molecular weight excluding hydrogens is 435 g/mol. The number of nitrogens with two attached hydrogens (primary N) is 2. The maximum absolute atomic E-state index is 14.4. The number of benzene rings is 1. The van der Waals surface area contributed by atoms with Gasteiger partial charge in [0.15, 0.2) is 5.65 Å². The highest BCUT2D eigenvalue weighted by molar-refractivity contribution is 5.99. The number of fused-ring (bicyclic) bond motifs is 1. The Labute approximate surface area is 195 Å². The number of aromatic amines is 1. The van der Waals surface area contributed by atoms with Crippen molar-refractivity contribution in [1.29, 1.82) is 0 Å². The molecule has 1 aromatic carbocycles. The van der Waals surface area contributed by atoms with Gasteiger partial charge in [-0.1, -0.05) is 11.2 Å². The summed E-state index contributed by atoms with van der Waals surface area (Å²) in [6.07, 6.45) is 6.22. The number of halogens is 1. The number of piperidine rings is 1. The van der Waals surface area contributed by atoms with E-state index in [1.54, 1.807) is 18.5 Å². The lowest BCUT2D eigenvalue weighted by Gasteiger charge is -2.34. The first-order valence-corrected chi connectivity index (χ1v) is 11.0. The number of hydrogen-bond donors (Lipinski definition) is 4. The van der Waals surface area contributed by atoms with E-state index in [4.69, 9.17) is 16.7 Å². The Morgan fingerprint density at radius 3 is 2.76 bits per heavy atom. The van der Waals surface area contributed by atoms with Crippen LogP contribution in [0.25, 0.3) is 33.7 Å². The quantitative estimate of drug-likeness (QED) is 0.207. The number of rotatable bonds is 4. The van der Waals surface area contributed by atoms with Gasteiger partial charge in [-0.2, -0.15) is 0 Å². The Balaban J connectivity index is 1.77. The van der Waals surface area contributed by atoms with Gasteiger partial charge in [-0.15, -0.1) is 0 Å². The van der Waals surface area contributed by atoms with Crippen LogP contribution >= 0.6 is 0 Å². The van der Waals surface area contributed by atoms with E-state index in [1.165, 1.54) is 18.3 Å². The van der Waals surface area contributed by atoms with Crippen molar-refractivity contribution in [1.82, 2.24) is 19.9 Å². The summed E-state index contributed by atoms with van der Waals surface area (Å²) in [6.45, 7) is 3.30. The average molecular weight is 461 g/mol. The SMILES string of the molecule is Cc1cc(F)cc(-c2cnc(N)c(-c3nc4nccc(C=NO)c4[nH]3)c2N2CCC(N)CC2)c1. The van der Waals surface area contributed by atoms with Crippen molar-refractivity contribution in [3.63, 3.8) is 0 Å². The molecule has 0 bridgehead atoms. The van der Waals surface area contributed by atoms with Gasteiger partial charge in [0.25, 0.3) is 0 Å². The van der Waals surface area contributed by atoms with Gasteiger partial charge >= 0.3 is 0 Å². The predicted octanol–water partition coefficient (Wildman–Crippen LogP) is 3.45. The molecule has 5 rings (SSSR count). The van der Waals surface area contributed by atoms with Gasteiger partial charge in [0, 0.05) is 42.7 Å². The number of nitrogen functional groups attached to an aromatic ring is 1. The van der Waals surface area contributed by atoms with Gasteiger partial charge in [0.05, 0.1) is 23.0 Å². The van der Waals surface area contributed by atoms with Gasteiger partial charge in [-0.3, -0.25) is 0 Å². The summed E-state index contributed by atoms with van der Waals surface area (Å²) in [5, 5.41) is 12.2. The second-order valence-corrected chi connectivity index (χ2v) is 8.55. The number of pyridine rings is 2. The van der Waals surface area contributed by atoms with E-state index in [-0.39, 0.29) is 17.7 Å². The van der Waals surface area contributed by atoms with E-state index >= 15 is 0 Å². The zero-order chi connectivity index (χ0) is 23.8. The lowest BCUT2D eigenvalue weighted by molar-refractivity contribution is 0.322. The fourth-order valence-corrected chi connectivity index (χ4v) is 4.52. The standard InChI is InChI=1S/C24H25FN8O/c1-13-8-15(10-16(25)9-13)18-12-29-22(27)19(21(18)33-6-3-17(26)4-7-33)23-31-20-14(11-30-34)2-5-28-24(20)32-23/h2,5,8-12,17,34H,3-4,6-7,26H2,1H3,(H2,27,29)(H,28,31,32). The summed E-state index contributed by atoms with van der Waals surface area (Å²) < 4.78 is 14.4. The molecule has 9 nitrogen and oxygen atoms in total. The highest BCUT2D eigenvalue weighted by Gasteiger charge is 2.27. The van der Waals surface area contributed by atoms with Crippen LogP contribution in [0.15, 0.2) is 41.8 Å². The van der Waals surface area contributed by atoms with Crippen LogP contribution in [0, 0.1) is 12.7 Å². The molecule has 174 valence electrons. The second kappa shape index (κ2) is 8.71. The minimum Gasteiger partial charge on any atom is -0.411 e. The van der Waals surface area contributed by atoms with Crippen molar-refractivity contribution in [2.75, 3.05) is 23.7 Å². The Hall–Kier alpha value is -4.05. The maximum Gasteiger partial charge on any atom is 0.178 e. The van der Waals surface area contributed by atoms with Crippen molar-refractivity contribution in [2.45, 2.75) is 25.8 Å². The van der Waals surface area contributed by atoms with Crippen molar-refractivity contribution in [3.8, 4) is 22.5 Å². The van der Waals surface area contributed by atoms with Crippen LogP contribution in [0.2, 0.25) is 0 Å². The molecule has 10 heteroatoms. The van der Waals surface area contributed by atoms with E-state index in [9.17, 15) is 4.39 Å². The second-order valence-electron chi connectivity index (χ2n) is 8.55. The Morgan fingerprint density at radius 2 is 2.03 bits per heavy atom. The predicted molar refractivity (Wildman–Crippen MR) is 130 cm³/mol. The fourth-order valence-electron chi connectivity index (χ4n) is 4.52. The van der Waals surface area contributed by atoms with Gasteiger partial charge in [0.1, 0.15) is 17.5 Å². The van der Waals surface area contributed by atoms with Crippen LogP contribution in [0.5, 0.6) is 0 Å². The van der Waals surface area contributed by atoms with E-state index in [2.05, 4.69) is 30.0 Å². The Kier molecular flexibility index (Phi) is 5.58. The Morgan fingerprint density at radius 1 is 1.24 bits per heavy atom. The van der Waals surface area contributed by atoms with Crippen LogP contribution in [0.3, 0.4) is 0 Å². The molecule has 1 fully saturated rings. The lowest BCUT2D eigenvalue weighted by Crippen LogP contribution is -2.40. The van der Waals surface area contributed by atoms with Crippen LogP contribution in [-0.2, 0) is 0 Å². The van der Waals surface area contributed by atoms with E-state index in [1.807, 2.05) is 13.0 Å². The van der Waals surface area contributed by atoms with Gasteiger partial charge in [-0.25, -0.2) is 19.3 Å². The van der Waals surface area contributed by atoms with Crippen LogP contribution < -0.4 is 16.4 Å². The molecule has 0 unspecified atom stereocenters. The summed E-state index contributed by atoms with van der Waals surface area (Å²) in [5.74, 6) is 0.449. The van der Waals surface area contributed by atoms with E-state index < -0.39 is 0 Å². The minimum atomic E-state index is -0.319. The van der Waals surface area contributed by atoms with E-state index in [0.717, 1.165) is 42.7 Å². The molecule has 1 aliphatic heterocycles. The number of aromatic nitrogens is 4. The lowest BCUT2D eigenvalue weighted by atomic mass is 9.97. The first kappa shape index (κ1) is 21.8. The van der Waals surface area contributed by atoms with Crippen LogP contribution in [-0.4, -0.2) is 50.5 Å². The van der Waals surface area contributed by atoms with Crippen molar-refractivity contribution >= 4 is 28.9 Å². The van der Waals surface area contributed by atoms with Crippen molar-refractivity contribution < 1.29 is 9.60 Å². The molecule has 0 amide bonds. The third kappa shape index (κ3) is 3.92. The number of oxime groups is 1. The molecule has 0 radical (unpaired) electrons. The smallest absolute Gasteiger partial charge is 0.178 e. The molecular formula is C24H25FN8O. The summed E-state index contributed by atoms with van der Waals surface area (Å²) in [7, 11) is 0. The molecule has 3 aromatic heterocycles. The largest absolute Gasteiger partial charge is 0.411 e. The van der Waals surface area contributed by atoms with Gasteiger partial charge in [-0.05, 0) is 49.1 Å². The number of aryl methyl sites for hydroxylation is 1. The first-order chi connectivity index (χ1) is 16.4. The maximum atomic E-state index is 14.4. The van der Waals surface area contributed by atoms with E-state index in [0.29, 0.717) is 33.7 Å². The molecule has 0 spiro atoms. The average Bonchev–Trinajstić information content (AvgIpc) is 3.24. The number of imidazole rings is 1. The molecule has 0 aliphatic carbocycles. The molecule has 0 saturated carbocycles. The van der Waals surface area contributed by atoms with Gasteiger partial charge < -0.3 is 26.6 Å². The molecule has 1 aliphatic rings. The zero-order valence-corrected chi connectivity index (χ0v) is 18.7. The monoisotopic (exact) mass is 460 g/mol. The topological polar surface area (TPSA) is 142 Å². The summed E-state index contributed by atoms with van der Waals surface area (Å²) in [4.78, 5) is 18.9. The molecule has 4 heterocycles. The molecule has 34 heavy (non-hydrogen) atoms. The number of anilines is 2. The van der Waals surface area contributed by atoms with Crippen LogP contribution in [0.4, 0.5) is 15.9 Å². The number of nitrogens with one attached hydrogen (secondary N) is 1. The summed E-state index contributed by atoms with van der Waals surface area (Å²) in [5.41, 5.74) is 18.0. The fraction of sp³-hybridized carbons (Fsp3) is 0.250.